The molecule has 4 aromatic carbocycles. The Bertz CT molecular complexity index is 1750. The first-order valence-corrected chi connectivity index (χ1v) is 14.7. The zero-order valence-electron chi connectivity index (χ0n) is 26.1. The van der Waals surface area contributed by atoms with E-state index in [4.69, 9.17) is 4.84 Å². The number of hydrogen-bond donors (Lipinski definition) is 1. The molecule has 5 aromatic rings. The van der Waals surface area contributed by atoms with E-state index < -0.39 is 5.97 Å². The number of hydroxylamine groups is 1. The highest BCUT2D eigenvalue weighted by atomic mass is 16.7. The van der Waals surface area contributed by atoms with Gasteiger partial charge in [0.25, 0.3) is 5.91 Å². The number of carbonyl (C=O) groups excluding carboxylic acids is 1. The smallest absolute Gasteiger partial charge is 0.358 e. The molecule has 45 heavy (non-hydrogen) atoms. The Morgan fingerprint density at radius 2 is 1.44 bits per heavy atom. The number of amides is 1. The number of carbonyl (C=O) groups is 2. The number of carboxylic acid groups (broad SMARTS) is 1. The third-order valence-corrected chi connectivity index (χ3v) is 7.58. The topological polar surface area (TPSA) is 101 Å². The minimum absolute atomic E-state index is 0.188. The van der Waals surface area contributed by atoms with Crippen LogP contribution in [0, 0.1) is 6.92 Å². The maximum absolute atomic E-state index is 14.1. The molecule has 1 amide bonds. The highest BCUT2D eigenvalue weighted by molar-refractivity contribution is 6.05. The van der Waals surface area contributed by atoms with Crippen molar-refractivity contribution in [2.75, 3.05) is 17.1 Å². The van der Waals surface area contributed by atoms with Crippen molar-refractivity contribution in [3.8, 4) is 5.69 Å². The minimum atomic E-state index is -1.18. The lowest BCUT2D eigenvalue weighted by Gasteiger charge is -2.30. The van der Waals surface area contributed by atoms with Crippen molar-refractivity contribution >= 4 is 23.3 Å². The number of benzene rings is 4. The van der Waals surface area contributed by atoms with Crippen molar-refractivity contribution in [2.24, 2.45) is 0 Å². The van der Waals surface area contributed by atoms with Crippen LogP contribution in [0.1, 0.15) is 63.9 Å². The predicted octanol–water partition coefficient (Wildman–Crippen LogP) is 6.99. The van der Waals surface area contributed by atoms with Gasteiger partial charge in [-0.25, -0.2) is 9.48 Å². The Kier molecular flexibility index (Phi) is 9.11. The van der Waals surface area contributed by atoms with Crippen LogP contribution in [0.2, 0.25) is 0 Å². The van der Waals surface area contributed by atoms with Gasteiger partial charge in [-0.05, 0) is 64.9 Å². The molecule has 5 rings (SSSR count). The summed E-state index contributed by atoms with van der Waals surface area (Å²) in [4.78, 5) is 33.5. The lowest BCUT2D eigenvalue weighted by atomic mass is 9.86. The normalized spacial score (nSPS) is 11.3. The third kappa shape index (κ3) is 7.27. The highest BCUT2D eigenvalue weighted by Gasteiger charge is 2.25. The van der Waals surface area contributed by atoms with Crippen molar-refractivity contribution < 1.29 is 19.5 Å². The summed E-state index contributed by atoms with van der Waals surface area (Å²) < 4.78 is 1.36. The molecule has 9 heteroatoms. The summed E-state index contributed by atoms with van der Waals surface area (Å²) in [6.45, 7) is 9.62. The highest BCUT2D eigenvalue weighted by Crippen LogP contribution is 2.34. The molecular formula is C36H37N5O4. The van der Waals surface area contributed by atoms with Crippen LogP contribution in [-0.2, 0) is 23.3 Å². The summed E-state index contributed by atoms with van der Waals surface area (Å²) >= 11 is 0. The van der Waals surface area contributed by atoms with Gasteiger partial charge in [0.2, 0.25) is 0 Å². The van der Waals surface area contributed by atoms with Crippen molar-refractivity contribution in [1.82, 2.24) is 15.0 Å². The number of rotatable bonds is 10. The molecule has 0 aliphatic rings. The quantitative estimate of drug-likeness (QED) is 0.172. The predicted molar refractivity (Wildman–Crippen MR) is 175 cm³/mol. The van der Waals surface area contributed by atoms with Crippen molar-refractivity contribution in [3.63, 3.8) is 0 Å². The lowest BCUT2D eigenvalue weighted by molar-refractivity contribution is 0.0689. The molecule has 1 N–H and O–H groups in total. The molecule has 0 fully saturated rings. The number of anilines is 2. The number of aryl methyl sites for hydroxylation is 1. The van der Waals surface area contributed by atoms with Gasteiger partial charge in [-0.3, -0.25) is 9.63 Å². The SMILES string of the molecule is CON(C(=O)c1ccc(C)c(-n2cc(C(=O)O)nn2)c1)c1cc(N(Cc2ccccc2)Cc2ccccc2)cc(C(C)(C)C)c1. The van der Waals surface area contributed by atoms with E-state index in [0.717, 1.165) is 16.8 Å². The van der Waals surface area contributed by atoms with Gasteiger partial charge in [0.05, 0.1) is 24.7 Å². The van der Waals surface area contributed by atoms with Gasteiger partial charge >= 0.3 is 5.97 Å². The molecule has 1 heterocycles. The monoisotopic (exact) mass is 603 g/mol. The van der Waals surface area contributed by atoms with Crippen LogP contribution >= 0.6 is 0 Å². The first kappa shape index (κ1) is 31.2. The van der Waals surface area contributed by atoms with Crippen molar-refractivity contribution in [2.45, 2.75) is 46.2 Å². The Morgan fingerprint density at radius 1 is 0.844 bits per heavy atom. The van der Waals surface area contributed by atoms with E-state index in [1.165, 1.54) is 34.2 Å². The van der Waals surface area contributed by atoms with Crippen molar-refractivity contribution in [3.05, 3.63) is 137 Å². The average Bonchev–Trinajstić information content (AvgIpc) is 3.52. The molecule has 0 aliphatic carbocycles. The van der Waals surface area contributed by atoms with E-state index in [0.29, 0.717) is 30.0 Å². The molecular weight excluding hydrogens is 566 g/mol. The van der Waals surface area contributed by atoms with E-state index in [1.807, 2.05) is 55.5 Å². The standard InChI is InChI=1S/C36H37N5O4/c1-25-16-17-28(18-33(25)40-24-32(35(43)44)37-38-40)34(42)41(45-5)31-20-29(36(2,3)4)19-30(21-31)39(22-26-12-8-6-9-13-26)23-27-14-10-7-11-15-27/h6-21,24H,22-23H2,1-5H3,(H,43,44). The molecule has 230 valence electrons. The van der Waals surface area contributed by atoms with Gasteiger partial charge < -0.3 is 10.0 Å². The molecule has 1 aromatic heterocycles. The fourth-order valence-corrected chi connectivity index (χ4v) is 5.07. The average molecular weight is 604 g/mol. The van der Waals surface area contributed by atoms with Gasteiger partial charge in [-0.1, -0.05) is 92.7 Å². The van der Waals surface area contributed by atoms with E-state index in [9.17, 15) is 14.7 Å². The van der Waals surface area contributed by atoms with Crippen LogP contribution in [-0.4, -0.2) is 39.1 Å². The second-order valence-corrected chi connectivity index (χ2v) is 12.0. The summed E-state index contributed by atoms with van der Waals surface area (Å²) in [7, 11) is 1.47. The molecule has 0 saturated carbocycles. The van der Waals surface area contributed by atoms with Gasteiger partial charge in [0, 0.05) is 24.3 Å². The van der Waals surface area contributed by atoms with Crippen LogP contribution in [0.15, 0.2) is 103 Å². The molecule has 0 aliphatic heterocycles. The second kappa shape index (κ2) is 13.2. The number of carboxylic acids is 1. The maximum Gasteiger partial charge on any atom is 0.358 e. The van der Waals surface area contributed by atoms with Gasteiger partial charge in [-0.15, -0.1) is 5.10 Å². The molecule has 0 radical (unpaired) electrons. The van der Waals surface area contributed by atoms with Crippen LogP contribution in [0.4, 0.5) is 11.4 Å². The lowest BCUT2D eigenvalue weighted by Crippen LogP contribution is -2.31. The molecule has 0 atom stereocenters. The molecule has 0 bridgehead atoms. The second-order valence-electron chi connectivity index (χ2n) is 12.0. The Morgan fingerprint density at radius 3 is 1.98 bits per heavy atom. The number of nitrogens with zero attached hydrogens (tertiary/aromatic N) is 5. The number of aromatic carboxylic acids is 1. The Labute approximate surface area is 263 Å². The Balaban J connectivity index is 1.56. The summed E-state index contributed by atoms with van der Waals surface area (Å²) in [5.74, 6) is -1.56. The fraction of sp³-hybridized carbons (Fsp3) is 0.222. The van der Waals surface area contributed by atoms with Crippen molar-refractivity contribution in [1.29, 1.82) is 0 Å². The zero-order chi connectivity index (χ0) is 32.1. The summed E-state index contributed by atoms with van der Waals surface area (Å²) in [5, 5.41) is 18.3. The van der Waals surface area contributed by atoms with E-state index >= 15 is 0 Å². The first-order chi connectivity index (χ1) is 21.5. The molecule has 0 saturated heterocycles. The van der Waals surface area contributed by atoms with Gasteiger partial charge in [0.1, 0.15) is 0 Å². The molecule has 0 spiro atoms. The van der Waals surface area contributed by atoms with Crippen LogP contribution in [0.3, 0.4) is 0 Å². The fourth-order valence-electron chi connectivity index (χ4n) is 5.07. The zero-order valence-corrected chi connectivity index (χ0v) is 26.1. The van der Waals surface area contributed by atoms with Crippen LogP contribution in [0.5, 0.6) is 0 Å². The molecule has 0 unspecified atom stereocenters. The van der Waals surface area contributed by atoms with E-state index in [-0.39, 0.29) is 17.0 Å². The van der Waals surface area contributed by atoms with E-state index in [2.05, 4.69) is 66.3 Å². The number of hydrogen-bond acceptors (Lipinski definition) is 6. The largest absolute Gasteiger partial charge is 0.476 e. The Hall–Kier alpha value is -5.28. The van der Waals surface area contributed by atoms with Crippen LogP contribution in [0.25, 0.3) is 5.69 Å². The van der Waals surface area contributed by atoms with Gasteiger partial charge in [0.15, 0.2) is 5.69 Å². The summed E-state index contributed by atoms with van der Waals surface area (Å²) in [6.07, 6.45) is 1.32. The first-order valence-electron chi connectivity index (χ1n) is 14.7. The maximum atomic E-state index is 14.1. The van der Waals surface area contributed by atoms with Crippen LogP contribution < -0.4 is 9.96 Å². The van der Waals surface area contributed by atoms with E-state index in [1.54, 1.807) is 18.2 Å². The molecule has 9 nitrogen and oxygen atoms in total. The third-order valence-electron chi connectivity index (χ3n) is 7.58. The minimum Gasteiger partial charge on any atom is -0.476 e. The summed E-state index contributed by atoms with van der Waals surface area (Å²) in [5.41, 5.74) is 6.20. The summed E-state index contributed by atoms with van der Waals surface area (Å²) in [6, 6.07) is 31.9. The van der Waals surface area contributed by atoms with Gasteiger partial charge in [-0.2, -0.15) is 5.06 Å². The number of aromatic nitrogens is 3.